The molecular weight excluding hydrogens is 383 g/mol. The highest BCUT2D eigenvalue weighted by Gasteiger charge is 2.35. The van der Waals surface area contributed by atoms with Crippen LogP contribution in [0.3, 0.4) is 0 Å². The predicted octanol–water partition coefficient (Wildman–Crippen LogP) is 2.95. The molecule has 6 nitrogen and oxygen atoms in total. The standard InChI is InChI=1S/C13H17Cl3N4O2S/c1-20(2)12(21)19-10(13(14,15)16)18-11(23)17-8-6-4-5-7-9(8)22-3/h4-7,10H,1-3H3,(H,19,21)(H2,17,18,23)/t10-/m0/s1. The minimum absolute atomic E-state index is 0.157. The van der Waals surface area contributed by atoms with Crippen molar-refractivity contribution < 1.29 is 9.53 Å². The molecule has 128 valence electrons. The third-order valence-electron chi connectivity index (χ3n) is 2.63. The van der Waals surface area contributed by atoms with Crippen molar-refractivity contribution in [3.05, 3.63) is 24.3 Å². The van der Waals surface area contributed by atoms with Crippen LogP contribution < -0.4 is 20.7 Å². The van der Waals surface area contributed by atoms with Gasteiger partial charge >= 0.3 is 6.03 Å². The van der Waals surface area contributed by atoms with Gasteiger partial charge in [-0.05, 0) is 24.4 Å². The Labute approximate surface area is 155 Å². The molecule has 0 aliphatic carbocycles. The first-order chi connectivity index (χ1) is 10.6. The van der Waals surface area contributed by atoms with Crippen LogP contribution in [0, 0.1) is 0 Å². The zero-order chi connectivity index (χ0) is 17.6. The van der Waals surface area contributed by atoms with E-state index in [-0.39, 0.29) is 5.11 Å². The maximum Gasteiger partial charge on any atom is 0.318 e. The first kappa shape index (κ1) is 19.9. The van der Waals surface area contributed by atoms with Crippen LogP contribution >= 0.6 is 47.0 Å². The average Bonchev–Trinajstić information content (AvgIpc) is 2.45. The van der Waals surface area contributed by atoms with E-state index in [1.807, 2.05) is 12.1 Å². The van der Waals surface area contributed by atoms with Gasteiger partial charge in [0.05, 0.1) is 12.8 Å². The minimum Gasteiger partial charge on any atom is -0.495 e. The predicted molar refractivity (Wildman–Crippen MR) is 98.6 cm³/mol. The smallest absolute Gasteiger partial charge is 0.318 e. The molecule has 1 rings (SSSR count). The van der Waals surface area contributed by atoms with Gasteiger partial charge in [-0.1, -0.05) is 46.9 Å². The van der Waals surface area contributed by atoms with Gasteiger partial charge in [0, 0.05) is 14.1 Å². The zero-order valence-electron chi connectivity index (χ0n) is 12.7. The lowest BCUT2D eigenvalue weighted by molar-refractivity contribution is 0.212. The molecule has 0 aliphatic rings. The minimum atomic E-state index is -1.81. The molecule has 0 unspecified atom stereocenters. The van der Waals surface area contributed by atoms with E-state index < -0.39 is 16.0 Å². The zero-order valence-corrected chi connectivity index (χ0v) is 15.8. The van der Waals surface area contributed by atoms with E-state index in [9.17, 15) is 4.79 Å². The number of amides is 2. The Hall–Kier alpha value is -1.15. The molecule has 23 heavy (non-hydrogen) atoms. The molecule has 0 radical (unpaired) electrons. The Balaban J connectivity index is 2.79. The van der Waals surface area contributed by atoms with E-state index >= 15 is 0 Å². The number of hydrogen-bond donors (Lipinski definition) is 3. The molecule has 10 heteroatoms. The third-order valence-corrected chi connectivity index (χ3v) is 3.51. The maximum absolute atomic E-state index is 11.8. The summed E-state index contributed by atoms with van der Waals surface area (Å²) >= 11 is 22.8. The van der Waals surface area contributed by atoms with Crippen LogP contribution in [0.15, 0.2) is 24.3 Å². The summed E-state index contributed by atoms with van der Waals surface area (Å²) in [7, 11) is 4.67. The number of carbonyl (C=O) groups excluding carboxylic acids is 1. The van der Waals surface area contributed by atoms with Crippen LogP contribution in [0.1, 0.15) is 0 Å². The van der Waals surface area contributed by atoms with Crippen molar-refractivity contribution in [2.24, 2.45) is 0 Å². The van der Waals surface area contributed by atoms with E-state index in [0.29, 0.717) is 11.4 Å². The van der Waals surface area contributed by atoms with Crippen molar-refractivity contribution in [1.82, 2.24) is 15.5 Å². The lowest BCUT2D eigenvalue weighted by atomic mass is 10.3. The summed E-state index contributed by atoms with van der Waals surface area (Å²) in [4.78, 5) is 13.1. The van der Waals surface area contributed by atoms with Gasteiger partial charge in [0.1, 0.15) is 5.75 Å². The average molecular weight is 400 g/mol. The van der Waals surface area contributed by atoms with Gasteiger partial charge in [-0.25, -0.2) is 4.79 Å². The number of urea groups is 1. The molecule has 1 atom stereocenters. The Morgan fingerprint density at radius 3 is 2.39 bits per heavy atom. The summed E-state index contributed by atoms with van der Waals surface area (Å²) in [6.45, 7) is 0. The number of carbonyl (C=O) groups is 1. The fourth-order valence-corrected chi connectivity index (χ4v) is 2.04. The molecule has 3 N–H and O–H groups in total. The SMILES string of the molecule is COc1ccccc1NC(=S)N[C@@H](NC(=O)N(C)C)C(Cl)(Cl)Cl. The van der Waals surface area contributed by atoms with Crippen LogP contribution in [0.25, 0.3) is 0 Å². The van der Waals surface area contributed by atoms with Crippen LogP contribution in [0.2, 0.25) is 0 Å². The molecule has 0 spiro atoms. The number of anilines is 1. The van der Waals surface area contributed by atoms with Crippen LogP contribution in [0.4, 0.5) is 10.5 Å². The lowest BCUT2D eigenvalue weighted by Gasteiger charge is -2.29. The van der Waals surface area contributed by atoms with Crippen LogP contribution in [-0.2, 0) is 0 Å². The summed E-state index contributed by atoms with van der Waals surface area (Å²) in [6, 6.07) is 6.74. The van der Waals surface area contributed by atoms with Crippen molar-refractivity contribution in [3.63, 3.8) is 0 Å². The third kappa shape index (κ3) is 6.47. The summed E-state index contributed by atoms with van der Waals surface area (Å²) in [5.41, 5.74) is 0.634. The van der Waals surface area contributed by atoms with E-state index in [2.05, 4.69) is 16.0 Å². The highest BCUT2D eigenvalue weighted by atomic mass is 35.6. The summed E-state index contributed by atoms with van der Waals surface area (Å²) in [5.74, 6) is 0.597. The second kappa shape index (κ2) is 8.63. The number of nitrogens with one attached hydrogen (secondary N) is 3. The molecule has 0 aromatic heterocycles. The van der Waals surface area contributed by atoms with Crippen molar-refractivity contribution in [2.75, 3.05) is 26.5 Å². The van der Waals surface area contributed by atoms with Gasteiger partial charge in [-0.15, -0.1) is 0 Å². The van der Waals surface area contributed by atoms with Crippen LogP contribution in [-0.4, -0.2) is 47.2 Å². The molecule has 0 fully saturated rings. The molecule has 1 aromatic rings. The van der Waals surface area contributed by atoms with Gasteiger partial charge in [0.25, 0.3) is 0 Å². The fourth-order valence-electron chi connectivity index (χ4n) is 1.49. The number of hydrogen-bond acceptors (Lipinski definition) is 3. The topological polar surface area (TPSA) is 65.6 Å². The van der Waals surface area contributed by atoms with E-state index in [4.69, 9.17) is 51.8 Å². The molecular formula is C13H17Cl3N4O2S. The lowest BCUT2D eigenvalue weighted by Crippen LogP contribution is -2.57. The summed E-state index contributed by atoms with van der Waals surface area (Å²) in [6.07, 6.45) is -1.03. The largest absolute Gasteiger partial charge is 0.495 e. The normalized spacial score (nSPS) is 12.1. The van der Waals surface area contributed by atoms with Crippen molar-refractivity contribution >= 4 is 63.9 Å². The second-order valence-corrected chi connectivity index (χ2v) is 7.39. The monoisotopic (exact) mass is 398 g/mol. The Kier molecular flexibility index (Phi) is 7.47. The quantitative estimate of drug-likeness (QED) is 0.413. The fraction of sp³-hybridized carbons (Fsp3) is 0.385. The van der Waals surface area contributed by atoms with Gasteiger partial charge < -0.3 is 25.6 Å². The molecule has 0 saturated heterocycles. The van der Waals surface area contributed by atoms with Gasteiger partial charge in [0.15, 0.2) is 11.3 Å². The number of thiocarbonyl (C=S) groups is 1. The van der Waals surface area contributed by atoms with Gasteiger partial charge in [0.2, 0.25) is 3.79 Å². The van der Waals surface area contributed by atoms with Gasteiger partial charge in [-0.3, -0.25) is 0 Å². The van der Waals surface area contributed by atoms with Gasteiger partial charge in [-0.2, -0.15) is 0 Å². The number of alkyl halides is 3. The molecule has 0 aliphatic heterocycles. The molecule has 1 aromatic carbocycles. The molecule has 2 amide bonds. The number of methoxy groups -OCH3 is 1. The molecule has 0 bridgehead atoms. The highest BCUT2D eigenvalue weighted by Crippen LogP contribution is 2.29. The second-order valence-electron chi connectivity index (χ2n) is 4.62. The maximum atomic E-state index is 11.8. The Morgan fingerprint density at radius 2 is 1.87 bits per heavy atom. The first-order valence-electron chi connectivity index (χ1n) is 6.40. The molecule has 0 heterocycles. The van der Waals surface area contributed by atoms with Crippen molar-refractivity contribution in [2.45, 2.75) is 9.96 Å². The number of rotatable bonds is 4. The van der Waals surface area contributed by atoms with Crippen molar-refractivity contribution in [3.8, 4) is 5.75 Å². The van der Waals surface area contributed by atoms with E-state index in [1.54, 1.807) is 33.3 Å². The first-order valence-corrected chi connectivity index (χ1v) is 7.94. The molecule has 0 saturated carbocycles. The highest BCUT2D eigenvalue weighted by molar-refractivity contribution is 7.80. The number of halogens is 3. The van der Waals surface area contributed by atoms with E-state index in [1.165, 1.54) is 4.90 Å². The number of benzene rings is 1. The summed E-state index contributed by atoms with van der Waals surface area (Å²) < 4.78 is 3.40. The van der Waals surface area contributed by atoms with E-state index in [0.717, 1.165) is 0 Å². The van der Waals surface area contributed by atoms with Crippen molar-refractivity contribution in [1.29, 1.82) is 0 Å². The summed E-state index contributed by atoms with van der Waals surface area (Å²) in [5, 5.41) is 8.35. The van der Waals surface area contributed by atoms with Crippen LogP contribution in [0.5, 0.6) is 5.75 Å². The number of para-hydroxylation sites is 2. The Morgan fingerprint density at radius 1 is 1.26 bits per heavy atom. The Bertz CT molecular complexity index is 566. The number of ether oxygens (including phenoxy) is 1. The number of nitrogens with zero attached hydrogens (tertiary/aromatic N) is 1.